The molecular formula is C27H27ClO4. The SMILES string of the molecule is Cl/C=C1\O[C@H](COCc2ccccc2)[C@@H](OCc2ccccc2)[C@@H]1OCc1ccccc1. The van der Waals surface area contributed by atoms with Crippen LogP contribution in [0.4, 0.5) is 0 Å². The highest BCUT2D eigenvalue weighted by Crippen LogP contribution is 2.32. The van der Waals surface area contributed by atoms with E-state index >= 15 is 0 Å². The molecule has 1 heterocycles. The van der Waals surface area contributed by atoms with E-state index in [2.05, 4.69) is 0 Å². The van der Waals surface area contributed by atoms with Crippen molar-refractivity contribution in [3.05, 3.63) is 119 Å². The van der Waals surface area contributed by atoms with Gasteiger partial charge in [0.25, 0.3) is 0 Å². The van der Waals surface area contributed by atoms with Crippen molar-refractivity contribution >= 4 is 11.6 Å². The second-order valence-electron chi connectivity index (χ2n) is 7.65. The van der Waals surface area contributed by atoms with Gasteiger partial charge in [-0.2, -0.15) is 0 Å². The number of hydrogen-bond donors (Lipinski definition) is 0. The molecule has 1 aliphatic rings. The van der Waals surface area contributed by atoms with Crippen molar-refractivity contribution in [3.63, 3.8) is 0 Å². The van der Waals surface area contributed by atoms with Crippen LogP contribution in [-0.2, 0) is 38.8 Å². The Bertz CT molecular complexity index is 963. The summed E-state index contributed by atoms with van der Waals surface area (Å²) in [6.07, 6.45) is -1.09. The summed E-state index contributed by atoms with van der Waals surface area (Å²) < 4.78 is 24.6. The van der Waals surface area contributed by atoms with E-state index in [4.69, 9.17) is 30.5 Å². The van der Waals surface area contributed by atoms with E-state index in [9.17, 15) is 0 Å². The van der Waals surface area contributed by atoms with E-state index in [-0.39, 0.29) is 12.2 Å². The molecule has 5 heteroatoms. The first-order valence-corrected chi connectivity index (χ1v) is 11.2. The quantitative estimate of drug-likeness (QED) is 0.388. The Balaban J connectivity index is 1.44. The zero-order valence-corrected chi connectivity index (χ0v) is 18.6. The van der Waals surface area contributed by atoms with Gasteiger partial charge in [0.1, 0.15) is 18.0 Å². The van der Waals surface area contributed by atoms with Gasteiger partial charge in [0, 0.05) is 5.54 Å². The molecule has 1 aliphatic heterocycles. The van der Waals surface area contributed by atoms with Crippen LogP contribution in [0.5, 0.6) is 0 Å². The molecule has 0 aromatic heterocycles. The first kappa shape index (κ1) is 22.6. The molecule has 4 rings (SSSR count). The molecule has 0 N–H and O–H groups in total. The van der Waals surface area contributed by atoms with E-state index in [0.717, 1.165) is 16.7 Å². The Kier molecular flexibility index (Phi) is 8.35. The zero-order valence-electron chi connectivity index (χ0n) is 17.8. The van der Waals surface area contributed by atoms with Gasteiger partial charge < -0.3 is 18.9 Å². The van der Waals surface area contributed by atoms with Gasteiger partial charge in [0.15, 0.2) is 6.10 Å². The van der Waals surface area contributed by atoms with Crippen molar-refractivity contribution in [2.24, 2.45) is 0 Å². The summed E-state index contributed by atoms with van der Waals surface area (Å²) in [5.41, 5.74) is 4.71. The van der Waals surface area contributed by atoms with Gasteiger partial charge in [-0.05, 0) is 16.7 Å². The van der Waals surface area contributed by atoms with Gasteiger partial charge >= 0.3 is 0 Å². The molecule has 1 saturated heterocycles. The zero-order chi connectivity index (χ0) is 22.0. The highest BCUT2D eigenvalue weighted by Gasteiger charge is 2.43. The van der Waals surface area contributed by atoms with Crippen LogP contribution in [0.2, 0.25) is 0 Å². The standard InChI is InChI=1S/C27H27ClO4/c28-16-24-26(30-18-22-12-6-2-7-13-22)27(31-19-23-14-8-3-9-15-23)25(32-24)20-29-17-21-10-4-1-5-11-21/h1-16,25-27H,17-20H2/b24-16-/t25-,26-,27-/m1/s1. The maximum absolute atomic E-state index is 6.31. The molecule has 0 spiro atoms. The molecule has 0 saturated carbocycles. The Morgan fingerprint density at radius 3 is 1.72 bits per heavy atom. The first-order chi connectivity index (χ1) is 15.8. The molecule has 1 fully saturated rings. The summed E-state index contributed by atoms with van der Waals surface area (Å²) in [7, 11) is 0. The lowest BCUT2D eigenvalue weighted by atomic mass is 10.1. The van der Waals surface area contributed by atoms with Crippen LogP contribution in [0.3, 0.4) is 0 Å². The molecule has 3 atom stereocenters. The van der Waals surface area contributed by atoms with Gasteiger partial charge in [-0.1, -0.05) is 103 Å². The van der Waals surface area contributed by atoms with Crippen LogP contribution in [0, 0.1) is 0 Å². The van der Waals surface area contributed by atoms with Crippen molar-refractivity contribution in [1.82, 2.24) is 0 Å². The molecular weight excluding hydrogens is 424 g/mol. The third-order valence-corrected chi connectivity index (χ3v) is 5.51. The predicted octanol–water partition coefficient (Wildman–Crippen LogP) is 5.85. The van der Waals surface area contributed by atoms with Crippen molar-refractivity contribution in [2.45, 2.75) is 38.1 Å². The molecule has 0 radical (unpaired) electrons. The Morgan fingerprint density at radius 2 is 1.19 bits per heavy atom. The average molecular weight is 451 g/mol. The molecule has 4 nitrogen and oxygen atoms in total. The van der Waals surface area contributed by atoms with Crippen molar-refractivity contribution in [2.75, 3.05) is 6.61 Å². The summed E-state index contributed by atoms with van der Waals surface area (Å²) in [5, 5.41) is 0. The number of rotatable bonds is 10. The Hall–Kier alpha value is -2.63. The molecule has 3 aromatic rings. The summed E-state index contributed by atoms with van der Waals surface area (Å²) >= 11 is 6.10. The van der Waals surface area contributed by atoms with Crippen LogP contribution in [-0.4, -0.2) is 24.9 Å². The van der Waals surface area contributed by atoms with Crippen molar-refractivity contribution < 1.29 is 18.9 Å². The van der Waals surface area contributed by atoms with Crippen LogP contribution in [0.15, 0.2) is 102 Å². The number of ether oxygens (including phenoxy) is 4. The van der Waals surface area contributed by atoms with E-state index < -0.39 is 6.10 Å². The monoisotopic (exact) mass is 450 g/mol. The van der Waals surface area contributed by atoms with Gasteiger partial charge in [0.2, 0.25) is 0 Å². The summed E-state index contributed by atoms with van der Waals surface area (Å²) in [5.74, 6) is 0.564. The van der Waals surface area contributed by atoms with Crippen molar-refractivity contribution in [3.8, 4) is 0 Å². The van der Waals surface area contributed by atoms with Gasteiger partial charge in [-0.3, -0.25) is 0 Å². The van der Waals surface area contributed by atoms with Crippen LogP contribution < -0.4 is 0 Å². The smallest absolute Gasteiger partial charge is 0.151 e. The Labute approximate surface area is 194 Å². The second kappa shape index (κ2) is 11.8. The summed E-state index contributed by atoms with van der Waals surface area (Å²) in [6.45, 7) is 1.76. The molecule has 0 unspecified atom stereocenters. The minimum atomic E-state index is -0.415. The minimum absolute atomic E-state index is 0.326. The largest absolute Gasteiger partial charge is 0.486 e. The molecule has 0 amide bonds. The lowest BCUT2D eigenvalue weighted by Gasteiger charge is -2.23. The lowest BCUT2D eigenvalue weighted by Crippen LogP contribution is -2.37. The number of benzene rings is 3. The third-order valence-electron chi connectivity index (χ3n) is 5.29. The topological polar surface area (TPSA) is 36.9 Å². The molecule has 3 aromatic carbocycles. The molecule has 0 bridgehead atoms. The average Bonchev–Trinajstić information content (AvgIpc) is 3.19. The van der Waals surface area contributed by atoms with Crippen LogP contribution >= 0.6 is 11.6 Å². The fraction of sp³-hybridized carbons (Fsp3) is 0.259. The van der Waals surface area contributed by atoms with Gasteiger partial charge in [-0.25, -0.2) is 0 Å². The first-order valence-electron chi connectivity index (χ1n) is 10.7. The third kappa shape index (κ3) is 6.21. The normalized spacial score (nSPS) is 21.5. The summed E-state index contributed by atoms with van der Waals surface area (Å²) in [4.78, 5) is 0. The highest BCUT2D eigenvalue weighted by molar-refractivity contribution is 6.25. The highest BCUT2D eigenvalue weighted by atomic mass is 35.5. The minimum Gasteiger partial charge on any atom is -0.486 e. The van der Waals surface area contributed by atoms with E-state index in [1.54, 1.807) is 0 Å². The van der Waals surface area contributed by atoms with Crippen molar-refractivity contribution in [1.29, 1.82) is 0 Å². The van der Waals surface area contributed by atoms with Crippen LogP contribution in [0.25, 0.3) is 0 Å². The van der Waals surface area contributed by atoms with E-state index in [1.165, 1.54) is 5.54 Å². The molecule has 166 valence electrons. The Morgan fingerprint density at radius 1 is 0.688 bits per heavy atom. The van der Waals surface area contributed by atoms with E-state index in [1.807, 2.05) is 91.0 Å². The van der Waals surface area contributed by atoms with E-state index in [0.29, 0.717) is 32.2 Å². The van der Waals surface area contributed by atoms with Crippen LogP contribution in [0.1, 0.15) is 16.7 Å². The summed E-state index contributed by atoms with van der Waals surface area (Å²) in [6, 6.07) is 30.1. The van der Waals surface area contributed by atoms with Gasteiger partial charge in [-0.15, -0.1) is 0 Å². The molecule has 32 heavy (non-hydrogen) atoms. The van der Waals surface area contributed by atoms with Gasteiger partial charge in [0.05, 0.1) is 26.4 Å². The lowest BCUT2D eigenvalue weighted by molar-refractivity contribution is -0.0894. The maximum Gasteiger partial charge on any atom is 0.151 e. The maximum atomic E-state index is 6.31. The predicted molar refractivity (Wildman–Crippen MR) is 125 cm³/mol. The number of halogens is 1. The fourth-order valence-electron chi connectivity index (χ4n) is 3.65. The number of hydrogen-bond acceptors (Lipinski definition) is 4. The fourth-order valence-corrected chi connectivity index (χ4v) is 3.82. The second-order valence-corrected chi connectivity index (χ2v) is 7.87. The molecule has 0 aliphatic carbocycles.